The van der Waals surface area contributed by atoms with Crippen molar-refractivity contribution in [2.75, 3.05) is 0 Å². The molecule has 5 rings (SSSR count). The normalized spacial score (nSPS) is 20.3. The number of aromatic nitrogens is 1. The van der Waals surface area contributed by atoms with Crippen molar-refractivity contribution < 1.29 is 4.79 Å². The number of hydrogen-bond donors (Lipinski definition) is 0. The Bertz CT molecular complexity index is 1000. The third-order valence-corrected chi connectivity index (χ3v) is 6.20. The minimum Gasteiger partial charge on any atom is -0.333 e. The predicted molar refractivity (Wildman–Crippen MR) is 104 cm³/mol. The van der Waals surface area contributed by atoms with Gasteiger partial charge in [0, 0.05) is 16.6 Å². The quantitative estimate of drug-likeness (QED) is 0.647. The first-order chi connectivity index (χ1) is 12.6. The van der Waals surface area contributed by atoms with Crippen LogP contribution in [-0.4, -0.2) is 15.4 Å². The maximum absolute atomic E-state index is 13.2. The monoisotopic (exact) mass is 344 g/mol. The van der Waals surface area contributed by atoms with Gasteiger partial charge in [-0.05, 0) is 56.4 Å². The highest BCUT2D eigenvalue weighted by Gasteiger charge is 2.40. The van der Waals surface area contributed by atoms with Crippen LogP contribution < -0.4 is 0 Å². The molecule has 1 aromatic heterocycles. The molecular weight excluding hydrogens is 320 g/mol. The molecule has 2 atom stereocenters. The first-order valence-electron chi connectivity index (χ1n) is 9.63. The van der Waals surface area contributed by atoms with Crippen LogP contribution in [0.1, 0.15) is 54.2 Å². The molecule has 2 aromatic carbocycles. The molecule has 1 amide bonds. The summed E-state index contributed by atoms with van der Waals surface area (Å²) in [7, 11) is 0. The highest BCUT2D eigenvalue weighted by molar-refractivity contribution is 5.90. The first kappa shape index (κ1) is 15.7. The maximum atomic E-state index is 13.2. The second-order valence-electron chi connectivity index (χ2n) is 7.77. The van der Waals surface area contributed by atoms with Crippen LogP contribution >= 0.6 is 0 Å². The molecule has 0 radical (unpaired) electrons. The van der Waals surface area contributed by atoms with Gasteiger partial charge in [-0.2, -0.15) is 0 Å². The molecule has 0 saturated heterocycles. The molecule has 1 aliphatic heterocycles. The largest absolute Gasteiger partial charge is 0.333 e. The van der Waals surface area contributed by atoms with E-state index in [1.807, 2.05) is 6.07 Å². The third-order valence-electron chi connectivity index (χ3n) is 6.20. The van der Waals surface area contributed by atoms with Crippen LogP contribution in [0.2, 0.25) is 0 Å². The Morgan fingerprint density at radius 3 is 2.73 bits per heavy atom. The predicted octanol–water partition coefficient (Wildman–Crippen LogP) is 4.93. The molecule has 1 aliphatic carbocycles. The van der Waals surface area contributed by atoms with Gasteiger partial charge in [-0.3, -0.25) is 4.79 Å². The van der Waals surface area contributed by atoms with Gasteiger partial charge in [0.25, 0.3) is 0 Å². The summed E-state index contributed by atoms with van der Waals surface area (Å²) < 4.78 is 2.30. The molecule has 0 N–H and O–H groups in total. The van der Waals surface area contributed by atoms with E-state index < -0.39 is 0 Å². The molecule has 0 saturated carbocycles. The van der Waals surface area contributed by atoms with Crippen molar-refractivity contribution in [1.82, 2.24) is 9.47 Å². The zero-order chi connectivity index (χ0) is 17.8. The molecule has 3 heteroatoms. The van der Waals surface area contributed by atoms with Crippen molar-refractivity contribution in [3.8, 4) is 0 Å². The van der Waals surface area contributed by atoms with Crippen LogP contribution in [0.25, 0.3) is 10.9 Å². The average Bonchev–Trinajstić information content (AvgIpc) is 2.97. The molecule has 0 spiro atoms. The fourth-order valence-electron chi connectivity index (χ4n) is 5.02. The van der Waals surface area contributed by atoms with Crippen LogP contribution in [0.5, 0.6) is 0 Å². The molecule has 2 aliphatic rings. The van der Waals surface area contributed by atoms with Crippen molar-refractivity contribution in [2.24, 2.45) is 0 Å². The van der Waals surface area contributed by atoms with E-state index >= 15 is 0 Å². The molecule has 2 heterocycles. The van der Waals surface area contributed by atoms with E-state index in [1.54, 1.807) is 0 Å². The molecule has 0 fully saturated rings. The SMILES string of the molecule is Cc1ccc2c(c1)c1c3n2CC(=O)N(C(C)c2ccccc2)[C@@H]3CCC1. The number of hydrogen-bond acceptors (Lipinski definition) is 1. The molecule has 3 aromatic rings. The van der Waals surface area contributed by atoms with E-state index in [-0.39, 0.29) is 18.0 Å². The number of fused-ring (bicyclic) bond motifs is 3. The fraction of sp³-hybridized carbons (Fsp3) is 0.348. The number of carbonyl (C=O) groups excluding carboxylic acids is 1. The highest BCUT2D eigenvalue weighted by atomic mass is 16.2. The van der Waals surface area contributed by atoms with Gasteiger partial charge in [0.1, 0.15) is 6.54 Å². The minimum atomic E-state index is 0.105. The molecule has 132 valence electrons. The zero-order valence-corrected chi connectivity index (χ0v) is 15.4. The second kappa shape index (κ2) is 5.73. The lowest BCUT2D eigenvalue weighted by atomic mass is 9.88. The summed E-state index contributed by atoms with van der Waals surface area (Å²) in [6, 6.07) is 17.4. The van der Waals surface area contributed by atoms with Crippen LogP contribution in [0.15, 0.2) is 48.5 Å². The van der Waals surface area contributed by atoms with Crippen molar-refractivity contribution in [3.05, 3.63) is 70.9 Å². The van der Waals surface area contributed by atoms with Crippen molar-refractivity contribution in [3.63, 3.8) is 0 Å². The Morgan fingerprint density at radius 2 is 1.92 bits per heavy atom. The minimum absolute atomic E-state index is 0.105. The van der Waals surface area contributed by atoms with Gasteiger partial charge >= 0.3 is 0 Å². The average molecular weight is 344 g/mol. The zero-order valence-electron chi connectivity index (χ0n) is 15.4. The lowest BCUT2D eigenvalue weighted by molar-refractivity contribution is -0.139. The van der Waals surface area contributed by atoms with E-state index in [1.165, 1.54) is 33.3 Å². The van der Waals surface area contributed by atoms with Crippen LogP contribution in [-0.2, 0) is 17.8 Å². The number of nitrogens with zero attached hydrogens (tertiary/aromatic N) is 2. The van der Waals surface area contributed by atoms with E-state index in [9.17, 15) is 4.79 Å². The lowest BCUT2D eigenvalue weighted by Crippen LogP contribution is -2.45. The van der Waals surface area contributed by atoms with Gasteiger partial charge in [-0.25, -0.2) is 0 Å². The molecule has 26 heavy (non-hydrogen) atoms. The van der Waals surface area contributed by atoms with Gasteiger partial charge in [-0.1, -0.05) is 42.0 Å². The standard InChI is InChI=1S/C23H24N2O/c1-15-11-12-20-19(13-15)18-9-6-10-21-23(18)24(20)14-22(26)25(21)16(2)17-7-4-3-5-8-17/h3-5,7-8,11-13,16,21H,6,9-10,14H2,1-2H3/t16?,21-/m1/s1. The summed E-state index contributed by atoms with van der Waals surface area (Å²) in [6.45, 7) is 4.78. The molecule has 3 nitrogen and oxygen atoms in total. The number of aryl methyl sites for hydroxylation is 2. The van der Waals surface area contributed by atoms with E-state index in [2.05, 4.69) is 65.8 Å². The van der Waals surface area contributed by atoms with Gasteiger partial charge in [0.05, 0.1) is 12.1 Å². The molecule has 0 bridgehead atoms. The first-order valence-corrected chi connectivity index (χ1v) is 9.63. The molecule has 1 unspecified atom stereocenters. The van der Waals surface area contributed by atoms with Crippen molar-refractivity contribution >= 4 is 16.8 Å². The summed E-state index contributed by atoms with van der Waals surface area (Å²) in [6.07, 6.45) is 3.34. The third kappa shape index (κ3) is 2.16. The van der Waals surface area contributed by atoms with E-state index in [0.717, 1.165) is 19.3 Å². The number of benzene rings is 2. The highest BCUT2D eigenvalue weighted by Crippen LogP contribution is 2.45. The van der Waals surface area contributed by atoms with Gasteiger partial charge in [-0.15, -0.1) is 0 Å². The summed E-state index contributed by atoms with van der Waals surface area (Å²) >= 11 is 0. The Labute approximate surface area is 154 Å². The van der Waals surface area contributed by atoms with Crippen LogP contribution in [0.4, 0.5) is 0 Å². The van der Waals surface area contributed by atoms with Crippen molar-refractivity contribution in [1.29, 1.82) is 0 Å². The summed E-state index contributed by atoms with van der Waals surface area (Å²) in [4.78, 5) is 15.3. The van der Waals surface area contributed by atoms with Gasteiger partial charge in [0.2, 0.25) is 5.91 Å². The Hall–Kier alpha value is -2.55. The van der Waals surface area contributed by atoms with Crippen LogP contribution in [0.3, 0.4) is 0 Å². The van der Waals surface area contributed by atoms with E-state index in [4.69, 9.17) is 0 Å². The van der Waals surface area contributed by atoms with Gasteiger partial charge in [0.15, 0.2) is 0 Å². The molecular formula is C23H24N2O. The summed E-state index contributed by atoms with van der Waals surface area (Å²) in [5, 5.41) is 1.35. The Balaban J connectivity index is 1.68. The fourth-order valence-corrected chi connectivity index (χ4v) is 5.02. The van der Waals surface area contributed by atoms with Gasteiger partial charge < -0.3 is 9.47 Å². The number of carbonyl (C=O) groups is 1. The Kier molecular flexibility index (Phi) is 3.46. The summed E-state index contributed by atoms with van der Waals surface area (Å²) in [5.41, 5.74) is 6.60. The Morgan fingerprint density at radius 1 is 1.12 bits per heavy atom. The van der Waals surface area contributed by atoms with Crippen LogP contribution in [0, 0.1) is 6.92 Å². The summed E-state index contributed by atoms with van der Waals surface area (Å²) in [5.74, 6) is 0.241. The van der Waals surface area contributed by atoms with Crippen molar-refractivity contribution in [2.45, 2.75) is 51.7 Å². The lowest BCUT2D eigenvalue weighted by Gasteiger charge is -2.43. The maximum Gasteiger partial charge on any atom is 0.243 e. The topological polar surface area (TPSA) is 25.2 Å². The number of rotatable bonds is 2. The number of amides is 1. The van der Waals surface area contributed by atoms with E-state index in [0.29, 0.717) is 6.54 Å². The smallest absolute Gasteiger partial charge is 0.243 e. The second-order valence-corrected chi connectivity index (χ2v) is 7.77.